The number of benzene rings is 1. The number of methoxy groups -OCH3 is 1. The molecule has 0 aliphatic carbocycles. The summed E-state index contributed by atoms with van der Waals surface area (Å²) in [4.78, 5) is -0.326. The molecule has 0 atom stereocenters. The Hall–Kier alpha value is -1.28. The average Bonchev–Trinajstić information content (AvgIpc) is 2.45. The van der Waals surface area contributed by atoms with Gasteiger partial charge in [0.1, 0.15) is 10.7 Å². The van der Waals surface area contributed by atoms with E-state index in [-0.39, 0.29) is 24.6 Å². The van der Waals surface area contributed by atoms with Gasteiger partial charge >= 0.3 is 0 Å². The highest BCUT2D eigenvalue weighted by Crippen LogP contribution is 2.21. The van der Waals surface area contributed by atoms with E-state index < -0.39 is 15.8 Å². The van der Waals surface area contributed by atoms with Gasteiger partial charge < -0.3 is 10.1 Å². The molecule has 1 N–H and O–H groups in total. The van der Waals surface area contributed by atoms with Gasteiger partial charge in [-0.05, 0) is 24.7 Å². The fourth-order valence-corrected chi connectivity index (χ4v) is 3.35. The van der Waals surface area contributed by atoms with Crippen molar-refractivity contribution in [1.82, 2.24) is 9.62 Å². The van der Waals surface area contributed by atoms with Crippen LogP contribution in [0.5, 0.6) is 0 Å². The molecule has 1 aromatic rings. The van der Waals surface area contributed by atoms with Crippen LogP contribution in [0.3, 0.4) is 0 Å². The third kappa shape index (κ3) is 4.60. The van der Waals surface area contributed by atoms with Crippen LogP contribution in [0.2, 0.25) is 0 Å². The van der Waals surface area contributed by atoms with Crippen molar-refractivity contribution in [2.45, 2.75) is 11.4 Å². The lowest BCUT2D eigenvalue weighted by Crippen LogP contribution is -2.34. The second-order valence-corrected chi connectivity index (χ2v) is 6.35. The predicted octanol–water partition coefficient (Wildman–Crippen LogP) is 1.37. The van der Waals surface area contributed by atoms with Crippen molar-refractivity contribution in [1.29, 1.82) is 0 Å². The quantitative estimate of drug-likeness (QED) is 0.699. The van der Waals surface area contributed by atoms with Crippen LogP contribution in [0.1, 0.15) is 5.56 Å². The minimum absolute atomic E-state index is 0.0986. The van der Waals surface area contributed by atoms with E-state index >= 15 is 0 Å². The number of halogens is 1. The molecule has 0 saturated heterocycles. The average molecular weight is 316 g/mol. The van der Waals surface area contributed by atoms with Crippen LogP contribution in [0.15, 0.2) is 35.7 Å². The first-order valence-electron chi connectivity index (χ1n) is 6.50. The Balaban J connectivity index is 3.19. The highest BCUT2D eigenvalue weighted by Gasteiger charge is 2.26. The van der Waals surface area contributed by atoms with Gasteiger partial charge in [-0.2, -0.15) is 4.31 Å². The highest BCUT2D eigenvalue weighted by molar-refractivity contribution is 7.89. The second kappa shape index (κ2) is 8.23. The summed E-state index contributed by atoms with van der Waals surface area (Å²) in [7, 11) is -0.712. The van der Waals surface area contributed by atoms with Gasteiger partial charge in [0.15, 0.2) is 0 Å². The van der Waals surface area contributed by atoms with Crippen LogP contribution in [-0.2, 0) is 21.3 Å². The Kier molecular flexibility index (Phi) is 6.97. The third-order valence-electron chi connectivity index (χ3n) is 2.87. The van der Waals surface area contributed by atoms with Crippen LogP contribution in [0, 0.1) is 5.82 Å². The topological polar surface area (TPSA) is 58.6 Å². The maximum absolute atomic E-state index is 13.9. The fourth-order valence-electron chi connectivity index (χ4n) is 1.85. The standard InChI is InChI=1S/C14H21FN2O3S/c1-4-7-17(8-9-20-3)21(18,19)14-10-12(11-16-2)5-6-13(14)15/h4-6,10,16H,1,7-9,11H2,2-3H3. The molecule has 5 nitrogen and oxygen atoms in total. The third-order valence-corrected chi connectivity index (χ3v) is 4.75. The molecule has 21 heavy (non-hydrogen) atoms. The number of nitrogens with one attached hydrogen (secondary N) is 1. The van der Waals surface area contributed by atoms with Crippen LogP contribution in [0.25, 0.3) is 0 Å². The summed E-state index contributed by atoms with van der Waals surface area (Å²) in [5.74, 6) is -0.763. The summed E-state index contributed by atoms with van der Waals surface area (Å²) >= 11 is 0. The molecule has 7 heteroatoms. The molecule has 0 spiro atoms. The van der Waals surface area contributed by atoms with Gasteiger partial charge in [0.05, 0.1) is 6.61 Å². The smallest absolute Gasteiger partial charge is 0.246 e. The van der Waals surface area contributed by atoms with E-state index in [1.165, 1.54) is 25.3 Å². The number of hydrogen-bond acceptors (Lipinski definition) is 4. The van der Waals surface area contributed by atoms with E-state index in [9.17, 15) is 12.8 Å². The predicted molar refractivity (Wildman–Crippen MR) is 80.0 cm³/mol. The summed E-state index contributed by atoms with van der Waals surface area (Å²) in [6.45, 7) is 4.46. The van der Waals surface area contributed by atoms with E-state index in [0.29, 0.717) is 12.1 Å². The molecular weight excluding hydrogens is 295 g/mol. The molecule has 118 valence electrons. The number of hydrogen-bond donors (Lipinski definition) is 1. The summed E-state index contributed by atoms with van der Waals surface area (Å²) < 4.78 is 45.1. The van der Waals surface area contributed by atoms with E-state index in [1.807, 2.05) is 0 Å². The monoisotopic (exact) mass is 316 g/mol. The normalized spacial score (nSPS) is 11.8. The van der Waals surface area contributed by atoms with Crippen LogP contribution in [0.4, 0.5) is 4.39 Å². The number of ether oxygens (including phenoxy) is 1. The summed E-state index contributed by atoms with van der Waals surface area (Å²) in [6.07, 6.45) is 1.46. The van der Waals surface area contributed by atoms with Gasteiger partial charge in [-0.3, -0.25) is 0 Å². The van der Waals surface area contributed by atoms with Gasteiger partial charge in [0, 0.05) is 26.7 Å². The zero-order valence-electron chi connectivity index (χ0n) is 12.3. The SMILES string of the molecule is C=CCN(CCOC)S(=O)(=O)c1cc(CNC)ccc1F. The summed E-state index contributed by atoms with van der Waals surface area (Å²) in [6, 6.07) is 4.07. The largest absolute Gasteiger partial charge is 0.383 e. The molecule has 0 unspecified atom stereocenters. The van der Waals surface area contributed by atoms with Crippen molar-refractivity contribution in [3.05, 3.63) is 42.2 Å². The first kappa shape index (κ1) is 17.8. The molecule has 0 saturated carbocycles. The molecule has 0 radical (unpaired) electrons. The van der Waals surface area contributed by atoms with Crippen molar-refractivity contribution in [3.8, 4) is 0 Å². The van der Waals surface area contributed by atoms with Gasteiger partial charge in [-0.25, -0.2) is 12.8 Å². The van der Waals surface area contributed by atoms with E-state index in [1.54, 1.807) is 13.1 Å². The molecule has 1 rings (SSSR count). The van der Waals surface area contributed by atoms with Gasteiger partial charge in [-0.1, -0.05) is 12.1 Å². The van der Waals surface area contributed by atoms with Crippen molar-refractivity contribution >= 4 is 10.0 Å². The Morgan fingerprint density at radius 1 is 1.48 bits per heavy atom. The van der Waals surface area contributed by atoms with E-state index in [0.717, 1.165) is 4.31 Å². The van der Waals surface area contributed by atoms with E-state index in [2.05, 4.69) is 11.9 Å². The molecule has 0 aliphatic heterocycles. The van der Waals surface area contributed by atoms with Crippen LogP contribution in [-0.4, -0.2) is 46.6 Å². The number of rotatable bonds is 9. The Morgan fingerprint density at radius 3 is 2.76 bits per heavy atom. The minimum atomic E-state index is -3.93. The van der Waals surface area contributed by atoms with Crippen molar-refractivity contribution in [2.75, 3.05) is 33.9 Å². The molecule has 1 aromatic carbocycles. The van der Waals surface area contributed by atoms with Crippen LogP contribution >= 0.6 is 0 Å². The molecule has 0 fully saturated rings. The van der Waals surface area contributed by atoms with Crippen molar-refractivity contribution in [2.24, 2.45) is 0 Å². The van der Waals surface area contributed by atoms with E-state index in [4.69, 9.17) is 4.74 Å². The Bertz CT molecular complexity index is 576. The lowest BCUT2D eigenvalue weighted by molar-refractivity contribution is 0.182. The number of sulfonamides is 1. The molecule has 0 heterocycles. The summed E-state index contributed by atoms with van der Waals surface area (Å²) in [5, 5.41) is 2.90. The summed E-state index contributed by atoms with van der Waals surface area (Å²) in [5.41, 5.74) is 0.697. The maximum Gasteiger partial charge on any atom is 0.246 e. The Labute approximate surface area is 125 Å². The second-order valence-electron chi connectivity index (χ2n) is 4.44. The van der Waals surface area contributed by atoms with Gasteiger partial charge in [-0.15, -0.1) is 6.58 Å². The first-order valence-corrected chi connectivity index (χ1v) is 7.94. The van der Waals surface area contributed by atoms with Crippen molar-refractivity contribution < 1.29 is 17.5 Å². The highest BCUT2D eigenvalue weighted by atomic mass is 32.2. The van der Waals surface area contributed by atoms with Gasteiger partial charge in [0.2, 0.25) is 10.0 Å². The van der Waals surface area contributed by atoms with Crippen molar-refractivity contribution in [3.63, 3.8) is 0 Å². The Morgan fingerprint density at radius 2 is 2.19 bits per heavy atom. The zero-order chi connectivity index (χ0) is 15.9. The van der Waals surface area contributed by atoms with Crippen LogP contribution < -0.4 is 5.32 Å². The fraction of sp³-hybridized carbons (Fsp3) is 0.429. The molecule has 0 amide bonds. The lowest BCUT2D eigenvalue weighted by Gasteiger charge is -2.21. The first-order chi connectivity index (χ1) is 9.97. The maximum atomic E-state index is 13.9. The number of nitrogens with zero attached hydrogens (tertiary/aromatic N) is 1. The molecule has 0 aliphatic rings. The molecule has 0 aromatic heterocycles. The van der Waals surface area contributed by atoms with Gasteiger partial charge in [0.25, 0.3) is 0 Å². The molecular formula is C14H21FN2O3S. The lowest BCUT2D eigenvalue weighted by atomic mass is 10.2. The zero-order valence-corrected chi connectivity index (χ0v) is 13.1. The minimum Gasteiger partial charge on any atom is -0.383 e. The molecule has 0 bridgehead atoms.